The molecule has 4 heterocycles. The minimum absolute atomic E-state index is 0.0682. The van der Waals surface area contributed by atoms with Crippen LogP contribution in [0.3, 0.4) is 0 Å². The van der Waals surface area contributed by atoms with Crippen LogP contribution in [0.1, 0.15) is 15.9 Å². The Morgan fingerprint density at radius 2 is 1.95 bits per heavy atom. The highest BCUT2D eigenvalue weighted by Gasteiger charge is 2.22. The molecule has 1 amide bonds. The molecule has 222 valence electrons. The fourth-order valence-corrected chi connectivity index (χ4v) is 4.91. The summed E-state index contributed by atoms with van der Waals surface area (Å²) in [6.07, 6.45) is 1.23. The van der Waals surface area contributed by atoms with Crippen LogP contribution in [-0.2, 0) is 11.3 Å². The summed E-state index contributed by atoms with van der Waals surface area (Å²) < 4.78 is 32.4. The molecule has 0 radical (unpaired) electrons. The minimum atomic E-state index is -0.497. The van der Waals surface area contributed by atoms with Crippen LogP contribution >= 0.6 is 0 Å². The molecule has 3 aromatic heterocycles. The molecule has 1 aliphatic heterocycles. The fourth-order valence-electron chi connectivity index (χ4n) is 4.91. The molecule has 5 aromatic rings. The summed E-state index contributed by atoms with van der Waals surface area (Å²) in [6.45, 7) is 1.93. The van der Waals surface area contributed by atoms with E-state index in [-0.39, 0.29) is 24.0 Å². The van der Waals surface area contributed by atoms with Crippen molar-refractivity contribution in [1.29, 1.82) is 0 Å². The molecule has 1 unspecified atom stereocenters. The molecule has 1 fully saturated rings. The summed E-state index contributed by atoms with van der Waals surface area (Å²) >= 11 is 0. The van der Waals surface area contributed by atoms with Crippen LogP contribution in [0.4, 0.5) is 16.0 Å². The van der Waals surface area contributed by atoms with Gasteiger partial charge in [-0.25, -0.2) is 14.4 Å². The van der Waals surface area contributed by atoms with Gasteiger partial charge in [-0.15, -0.1) is 0 Å². The standard InChI is InChI=1S/C30H30FN7O5/c1-41-20-6-3-18(4-7-20)15-38-25(29-33-24-12-21(42-2)11-23(31)28(24)35-29)13-26(36-38)34-30(40)19-5-8-27(32-14-19)37-9-10-43-22(16-37)17-39/h3-8,11-14,22,39H,9-10,15-17H2,1-2H3,(H,33,35)(H,34,36,40). The number of aromatic amines is 1. The summed E-state index contributed by atoms with van der Waals surface area (Å²) in [5.74, 6) is 1.54. The Balaban J connectivity index is 1.27. The topological polar surface area (TPSA) is 140 Å². The number of ether oxygens (including phenoxy) is 3. The predicted octanol–water partition coefficient (Wildman–Crippen LogP) is 3.48. The average Bonchev–Trinajstić information content (AvgIpc) is 3.65. The number of nitrogens with one attached hydrogen (secondary N) is 2. The van der Waals surface area contributed by atoms with Crippen molar-refractivity contribution in [2.75, 3.05) is 50.7 Å². The molecule has 2 aromatic carbocycles. The summed E-state index contributed by atoms with van der Waals surface area (Å²) in [5, 5.41) is 16.9. The van der Waals surface area contributed by atoms with Crippen molar-refractivity contribution in [3.8, 4) is 23.0 Å². The molecular weight excluding hydrogens is 557 g/mol. The number of aliphatic hydroxyl groups excluding tert-OH is 1. The fraction of sp³-hybridized carbons (Fsp3) is 0.267. The number of aromatic nitrogens is 5. The number of benzene rings is 2. The Morgan fingerprint density at radius 1 is 1.14 bits per heavy atom. The zero-order chi connectivity index (χ0) is 29.9. The first kappa shape index (κ1) is 28.1. The first-order chi connectivity index (χ1) is 20.9. The average molecular weight is 588 g/mol. The number of nitrogens with zero attached hydrogens (tertiary/aromatic N) is 5. The normalized spacial score (nSPS) is 15.1. The highest BCUT2D eigenvalue weighted by atomic mass is 19.1. The van der Waals surface area contributed by atoms with Crippen LogP contribution in [0, 0.1) is 5.82 Å². The van der Waals surface area contributed by atoms with Gasteiger partial charge in [0, 0.05) is 37.5 Å². The molecular formula is C30H30FN7O5. The first-order valence-electron chi connectivity index (χ1n) is 13.6. The van der Waals surface area contributed by atoms with Crippen LogP contribution in [-0.4, -0.2) is 82.4 Å². The third-order valence-electron chi connectivity index (χ3n) is 7.19. The molecule has 0 aliphatic carbocycles. The van der Waals surface area contributed by atoms with Crippen molar-refractivity contribution in [3.63, 3.8) is 0 Å². The van der Waals surface area contributed by atoms with E-state index in [1.54, 1.807) is 36.1 Å². The highest BCUT2D eigenvalue weighted by molar-refractivity contribution is 6.03. The van der Waals surface area contributed by atoms with Crippen LogP contribution in [0.15, 0.2) is 60.8 Å². The van der Waals surface area contributed by atoms with Gasteiger partial charge in [0.2, 0.25) is 0 Å². The van der Waals surface area contributed by atoms with Gasteiger partial charge in [-0.05, 0) is 29.8 Å². The van der Waals surface area contributed by atoms with Crippen molar-refractivity contribution < 1.29 is 28.5 Å². The summed E-state index contributed by atoms with van der Waals surface area (Å²) in [5.41, 5.74) is 2.44. The number of hydrogen-bond acceptors (Lipinski definition) is 9. The predicted molar refractivity (Wildman–Crippen MR) is 157 cm³/mol. The second-order valence-corrected chi connectivity index (χ2v) is 9.99. The number of carbonyl (C=O) groups excluding carboxylic acids is 1. The summed E-state index contributed by atoms with van der Waals surface area (Å²) in [4.78, 5) is 27.3. The van der Waals surface area contributed by atoms with Crippen LogP contribution in [0.5, 0.6) is 11.5 Å². The number of rotatable bonds is 9. The van der Waals surface area contributed by atoms with Crippen molar-refractivity contribution >= 4 is 28.6 Å². The van der Waals surface area contributed by atoms with Gasteiger partial charge in [0.15, 0.2) is 17.5 Å². The largest absolute Gasteiger partial charge is 0.497 e. The van der Waals surface area contributed by atoms with E-state index in [4.69, 9.17) is 14.2 Å². The molecule has 0 saturated carbocycles. The summed E-state index contributed by atoms with van der Waals surface area (Å²) in [6, 6.07) is 15.6. The van der Waals surface area contributed by atoms with Gasteiger partial charge in [0.25, 0.3) is 5.91 Å². The van der Waals surface area contributed by atoms with E-state index >= 15 is 0 Å². The second kappa shape index (κ2) is 12.1. The van der Waals surface area contributed by atoms with Gasteiger partial charge in [-0.1, -0.05) is 12.1 Å². The molecule has 13 heteroatoms. The molecule has 1 aliphatic rings. The van der Waals surface area contributed by atoms with E-state index < -0.39 is 11.7 Å². The molecule has 1 saturated heterocycles. The van der Waals surface area contributed by atoms with Crippen LogP contribution < -0.4 is 19.7 Å². The Labute approximate surface area is 246 Å². The van der Waals surface area contributed by atoms with Crippen molar-refractivity contribution in [2.45, 2.75) is 12.6 Å². The van der Waals surface area contributed by atoms with E-state index in [0.29, 0.717) is 60.4 Å². The highest BCUT2D eigenvalue weighted by Crippen LogP contribution is 2.28. The maximum absolute atomic E-state index is 14.8. The van der Waals surface area contributed by atoms with Gasteiger partial charge < -0.3 is 34.5 Å². The Hall–Kier alpha value is -5.01. The number of anilines is 2. The van der Waals surface area contributed by atoms with E-state index in [1.807, 2.05) is 29.2 Å². The number of fused-ring (bicyclic) bond motifs is 1. The van der Waals surface area contributed by atoms with Gasteiger partial charge in [0.1, 0.15) is 28.5 Å². The molecule has 6 rings (SSSR count). The number of halogens is 1. The maximum atomic E-state index is 14.8. The molecule has 12 nitrogen and oxygen atoms in total. The first-order valence-corrected chi connectivity index (χ1v) is 13.6. The van der Waals surface area contributed by atoms with E-state index in [0.717, 1.165) is 11.3 Å². The van der Waals surface area contributed by atoms with E-state index in [2.05, 4.69) is 25.4 Å². The zero-order valence-corrected chi connectivity index (χ0v) is 23.6. The Kier molecular flexibility index (Phi) is 7.90. The molecule has 1 atom stereocenters. The second-order valence-electron chi connectivity index (χ2n) is 9.99. The molecule has 43 heavy (non-hydrogen) atoms. The van der Waals surface area contributed by atoms with E-state index in [1.165, 1.54) is 19.4 Å². The number of hydrogen-bond donors (Lipinski definition) is 3. The third kappa shape index (κ3) is 5.98. The van der Waals surface area contributed by atoms with Crippen molar-refractivity contribution in [3.05, 3.63) is 77.7 Å². The molecule has 0 spiro atoms. The third-order valence-corrected chi connectivity index (χ3v) is 7.19. The lowest BCUT2D eigenvalue weighted by atomic mass is 10.2. The van der Waals surface area contributed by atoms with Crippen LogP contribution in [0.2, 0.25) is 0 Å². The van der Waals surface area contributed by atoms with Gasteiger partial charge in [0.05, 0.1) is 51.2 Å². The van der Waals surface area contributed by atoms with Crippen LogP contribution in [0.25, 0.3) is 22.6 Å². The lowest BCUT2D eigenvalue weighted by Gasteiger charge is -2.32. The van der Waals surface area contributed by atoms with Gasteiger partial charge >= 0.3 is 0 Å². The number of imidazole rings is 1. The van der Waals surface area contributed by atoms with Crippen molar-refractivity contribution in [2.24, 2.45) is 0 Å². The lowest BCUT2D eigenvalue weighted by molar-refractivity contribution is 0.00336. The Morgan fingerprint density at radius 3 is 2.67 bits per heavy atom. The number of methoxy groups -OCH3 is 2. The van der Waals surface area contributed by atoms with Gasteiger partial charge in [-0.2, -0.15) is 5.10 Å². The van der Waals surface area contributed by atoms with E-state index in [9.17, 15) is 14.3 Å². The number of aliphatic hydroxyl groups is 1. The molecule has 3 N–H and O–H groups in total. The number of carbonyl (C=O) groups is 1. The zero-order valence-electron chi connectivity index (χ0n) is 23.6. The van der Waals surface area contributed by atoms with Crippen molar-refractivity contribution in [1.82, 2.24) is 24.7 Å². The molecule has 0 bridgehead atoms. The smallest absolute Gasteiger partial charge is 0.258 e. The maximum Gasteiger partial charge on any atom is 0.258 e. The monoisotopic (exact) mass is 587 g/mol. The summed E-state index contributed by atoms with van der Waals surface area (Å²) in [7, 11) is 3.06. The number of morpholine rings is 1. The lowest BCUT2D eigenvalue weighted by Crippen LogP contribution is -2.44. The quantitative estimate of drug-likeness (QED) is 0.237. The minimum Gasteiger partial charge on any atom is -0.497 e. The number of H-pyrrole nitrogens is 1. The van der Waals surface area contributed by atoms with Gasteiger partial charge in [-0.3, -0.25) is 9.48 Å². The SMILES string of the molecule is COc1ccc(Cn2nc(NC(=O)c3ccc(N4CCOC(CO)C4)nc3)cc2-c2nc3cc(OC)cc(F)c3[nH]2)cc1. The number of pyridine rings is 1. The Bertz CT molecular complexity index is 1740. The number of amides is 1.